The fraction of sp³-hybridized carbons (Fsp3) is 0.571. The van der Waals surface area contributed by atoms with Gasteiger partial charge in [0.1, 0.15) is 17.7 Å². The number of nitrogens with zero attached hydrogens (tertiary/aromatic N) is 1. The topological polar surface area (TPSA) is 12.5 Å². The summed E-state index contributed by atoms with van der Waals surface area (Å²) >= 11 is 5.90. The van der Waals surface area contributed by atoms with Crippen LogP contribution in [0.2, 0.25) is 5.02 Å². The Morgan fingerprint density at radius 2 is 1.89 bits per heavy atom. The lowest BCUT2D eigenvalue weighted by molar-refractivity contribution is 0.114. The molecule has 0 spiro atoms. The summed E-state index contributed by atoms with van der Waals surface area (Å²) in [5.74, 6) is 0.248. The zero-order valence-corrected chi connectivity index (χ0v) is 12.0. The van der Waals surface area contributed by atoms with E-state index < -0.39 is 0 Å². The SMILES string of the molecule is CC.CN1CCC(Oc2ccc(F)cc2Cl)CC1. The predicted octanol–water partition coefficient (Wildman–Crippen LogP) is 3.98. The maximum atomic E-state index is 12.8. The van der Waals surface area contributed by atoms with Gasteiger partial charge in [0.2, 0.25) is 0 Å². The first-order valence-corrected chi connectivity index (χ1v) is 6.83. The molecule has 0 radical (unpaired) electrons. The number of benzene rings is 1. The first-order valence-electron chi connectivity index (χ1n) is 6.45. The summed E-state index contributed by atoms with van der Waals surface area (Å²) in [6.45, 7) is 6.06. The highest BCUT2D eigenvalue weighted by Gasteiger charge is 2.18. The molecule has 1 saturated heterocycles. The van der Waals surface area contributed by atoms with Crippen LogP contribution in [0.15, 0.2) is 18.2 Å². The maximum absolute atomic E-state index is 12.8. The number of rotatable bonds is 2. The minimum absolute atomic E-state index is 0.194. The van der Waals surface area contributed by atoms with E-state index in [9.17, 15) is 4.39 Å². The van der Waals surface area contributed by atoms with Gasteiger partial charge in [-0.25, -0.2) is 4.39 Å². The Balaban J connectivity index is 0.000000771. The highest BCUT2D eigenvalue weighted by Crippen LogP contribution is 2.27. The van der Waals surface area contributed by atoms with Crippen LogP contribution in [-0.2, 0) is 0 Å². The van der Waals surface area contributed by atoms with Crippen molar-refractivity contribution in [3.05, 3.63) is 29.0 Å². The van der Waals surface area contributed by atoms with Crippen LogP contribution in [0, 0.1) is 5.82 Å². The summed E-state index contributed by atoms with van der Waals surface area (Å²) in [5, 5.41) is 0.346. The number of ether oxygens (including phenoxy) is 1. The van der Waals surface area contributed by atoms with Crippen LogP contribution in [0.1, 0.15) is 26.7 Å². The zero-order valence-electron chi connectivity index (χ0n) is 11.2. The van der Waals surface area contributed by atoms with Gasteiger partial charge in [0.15, 0.2) is 0 Å². The number of likely N-dealkylation sites (tertiary alicyclic amines) is 1. The van der Waals surface area contributed by atoms with E-state index in [4.69, 9.17) is 16.3 Å². The van der Waals surface area contributed by atoms with Gasteiger partial charge in [-0.15, -0.1) is 0 Å². The Hall–Kier alpha value is -0.800. The largest absolute Gasteiger partial charge is 0.489 e. The summed E-state index contributed by atoms with van der Waals surface area (Å²) in [6, 6.07) is 4.25. The molecule has 1 aromatic carbocycles. The average molecular weight is 274 g/mol. The van der Waals surface area contributed by atoms with Gasteiger partial charge < -0.3 is 9.64 Å². The number of hydrogen-bond acceptors (Lipinski definition) is 2. The smallest absolute Gasteiger partial charge is 0.138 e. The van der Waals surface area contributed by atoms with Crippen LogP contribution in [0.25, 0.3) is 0 Å². The molecule has 1 aromatic rings. The van der Waals surface area contributed by atoms with Crippen LogP contribution in [0.4, 0.5) is 4.39 Å². The summed E-state index contributed by atoms with van der Waals surface area (Å²) in [5.41, 5.74) is 0. The van der Waals surface area contributed by atoms with Crippen molar-refractivity contribution >= 4 is 11.6 Å². The van der Waals surface area contributed by atoms with E-state index in [1.54, 1.807) is 6.07 Å². The summed E-state index contributed by atoms with van der Waals surface area (Å²) in [4.78, 5) is 2.27. The van der Waals surface area contributed by atoms with Gasteiger partial charge in [-0.2, -0.15) is 0 Å². The van der Waals surface area contributed by atoms with Gasteiger partial charge >= 0.3 is 0 Å². The van der Waals surface area contributed by atoms with Crippen LogP contribution in [0.3, 0.4) is 0 Å². The molecule has 0 bridgehead atoms. The van der Waals surface area contributed by atoms with E-state index >= 15 is 0 Å². The Morgan fingerprint density at radius 3 is 2.44 bits per heavy atom. The second-order valence-corrected chi connectivity index (χ2v) is 4.60. The third-order valence-corrected chi connectivity index (χ3v) is 3.15. The van der Waals surface area contributed by atoms with Crippen molar-refractivity contribution in [3.8, 4) is 5.75 Å². The third-order valence-electron chi connectivity index (χ3n) is 2.85. The average Bonchev–Trinajstić information content (AvgIpc) is 2.38. The number of piperidine rings is 1. The summed E-state index contributed by atoms with van der Waals surface area (Å²) < 4.78 is 18.6. The lowest BCUT2D eigenvalue weighted by Gasteiger charge is -2.29. The Bertz CT molecular complexity index is 365. The van der Waals surface area contributed by atoms with Gasteiger partial charge in [-0.3, -0.25) is 0 Å². The van der Waals surface area contributed by atoms with Crippen LogP contribution >= 0.6 is 11.6 Å². The number of halogens is 2. The molecule has 1 fully saturated rings. The molecule has 18 heavy (non-hydrogen) atoms. The monoisotopic (exact) mass is 273 g/mol. The van der Waals surface area contributed by atoms with E-state index in [1.165, 1.54) is 12.1 Å². The zero-order chi connectivity index (χ0) is 13.5. The van der Waals surface area contributed by atoms with Crippen molar-refractivity contribution in [1.29, 1.82) is 0 Å². The Kier molecular flexibility index (Phi) is 6.44. The number of hydrogen-bond donors (Lipinski definition) is 0. The molecule has 1 heterocycles. The predicted molar refractivity (Wildman–Crippen MR) is 73.9 cm³/mol. The molecule has 2 nitrogen and oxygen atoms in total. The van der Waals surface area contributed by atoms with Crippen molar-refractivity contribution in [2.75, 3.05) is 20.1 Å². The van der Waals surface area contributed by atoms with E-state index in [1.807, 2.05) is 13.8 Å². The molecule has 0 amide bonds. The molecule has 0 aromatic heterocycles. The maximum Gasteiger partial charge on any atom is 0.138 e. The molecule has 0 unspecified atom stereocenters. The fourth-order valence-corrected chi connectivity index (χ4v) is 2.06. The summed E-state index contributed by atoms with van der Waals surface area (Å²) in [6.07, 6.45) is 2.17. The first-order chi connectivity index (χ1) is 8.65. The van der Waals surface area contributed by atoms with Crippen molar-refractivity contribution in [2.24, 2.45) is 0 Å². The fourth-order valence-electron chi connectivity index (χ4n) is 1.85. The molecule has 0 saturated carbocycles. The molecular weight excluding hydrogens is 253 g/mol. The second-order valence-electron chi connectivity index (χ2n) is 4.20. The lowest BCUT2D eigenvalue weighted by Crippen LogP contribution is -2.35. The van der Waals surface area contributed by atoms with Crippen molar-refractivity contribution in [2.45, 2.75) is 32.8 Å². The third kappa shape index (κ3) is 4.46. The summed E-state index contributed by atoms with van der Waals surface area (Å²) in [7, 11) is 2.10. The Labute approximate surface area is 114 Å². The van der Waals surface area contributed by atoms with Gasteiger partial charge in [-0.1, -0.05) is 25.4 Å². The molecule has 0 atom stereocenters. The van der Waals surface area contributed by atoms with Gasteiger partial charge in [-0.05, 0) is 38.1 Å². The van der Waals surface area contributed by atoms with E-state index in [-0.39, 0.29) is 11.9 Å². The van der Waals surface area contributed by atoms with Gasteiger partial charge in [0.05, 0.1) is 5.02 Å². The minimum Gasteiger partial charge on any atom is -0.489 e. The standard InChI is InChI=1S/C12H15ClFNO.C2H6/c1-15-6-4-10(5-7-15)16-12-3-2-9(14)8-11(12)13;1-2/h2-3,8,10H,4-7H2,1H3;1-2H3. The molecule has 1 aliphatic heterocycles. The van der Waals surface area contributed by atoms with Crippen LogP contribution < -0.4 is 4.74 Å². The molecular formula is C14H21ClFNO. The van der Waals surface area contributed by atoms with E-state index in [2.05, 4.69) is 11.9 Å². The first kappa shape index (κ1) is 15.3. The normalized spacial score (nSPS) is 16.9. The quantitative estimate of drug-likeness (QED) is 0.808. The highest BCUT2D eigenvalue weighted by molar-refractivity contribution is 6.32. The molecule has 2 rings (SSSR count). The van der Waals surface area contributed by atoms with Crippen molar-refractivity contribution in [3.63, 3.8) is 0 Å². The van der Waals surface area contributed by atoms with E-state index in [0.29, 0.717) is 10.8 Å². The second kappa shape index (κ2) is 7.59. The van der Waals surface area contributed by atoms with Crippen molar-refractivity contribution < 1.29 is 9.13 Å². The molecule has 0 N–H and O–H groups in total. The van der Waals surface area contributed by atoms with Gasteiger partial charge in [0.25, 0.3) is 0 Å². The highest BCUT2D eigenvalue weighted by atomic mass is 35.5. The molecule has 0 aliphatic carbocycles. The molecule has 4 heteroatoms. The molecule has 102 valence electrons. The van der Waals surface area contributed by atoms with Crippen LogP contribution in [-0.4, -0.2) is 31.1 Å². The molecule has 1 aliphatic rings. The van der Waals surface area contributed by atoms with Gasteiger partial charge in [0, 0.05) is 13.1 Å². The van der Waals surface area contributed by atoms with E-state index in [0.717, 1.165) is 25.9 Å². The van der Waals surface area contributed by atoms with Crippen LogP contribution in [0.5, 0.6) is 5.75 Å². The lowest BCUT2D eigenvalue weighted by atomic mass is 10.1. The van der Waals surface area contributed by atoms with Crippen molar-refractivity contribution in [1.82, 2.24) is 4.90 Å². The Morgan fingerprint density at radius 1 is 1.28 bits per heavy atom. The minimum atomic E-state index is -0.333.